The zero-order valence-electron chi connectivity index (χ0n) is 17.4. The van der Waals surface area contributed by atoms with Crippen LogP contribution in [-0.4, -0.2) is 53.6 Å². The summed E-state index contributed by atoms with van der Waals surface area (Å²) >= 11 is 0. The number of hydrogen-bond donors (Lipinski definition) is 0. The Morgan fingerprint density at radius 2 is 1.84 bits per heavy atom. The first-order chi connectivity index (χ1) is 15.0. The number of piperazine rings is 1. The molecule has 31 heavy (non-hydrogen) atoms. The van der Waals surface area contributed by atoms with E-state index in [-0.39, 0.29) is 17.8 Å². The van der Waals surface area contributed by atoms with Gasteiger partial charge in [0.15, 0.2) is 0 Å². The molecule has 0 spiro atoms. The van der Waals surface area contributed by atoms with Gasteiger partial charge < -0.3 is 19.3 Å². The molecule has 1 aromatic heterocycles. The molecule has 7 nitrogen and oxygen atoms in total. The Morgan fingerprint density at radius 3 is 2.58 bits per heavy atom. The van der Waals surface area contributed by atoms with Crippen LogP contribution in [0.25, 0.3) is 0 Å². The van der Waals surface area contributed by atoms with Crippen LogP contribution in [0.4, 0.5) is 10.2 Å². The van der Waals surface area contributed by atoms with E-state index in [1.807, 2.05) is 25.1 Å². The highest BCUT2D eigenvalue weighted by Gasteiger charge is 2.29. The summed E-state index contributed by atoms with van der Waals surface area (Å²) in [6.07, 6.45) is 1.46. The van der Waals surface area contributed by atoms with Gasteiger partial charge in [0.05, 0.1) is 7.11 Å². The average molecular weight is 422 g/mol. The molecule has 160 valence electrons. The Labute approximate surface area is 180 Å². The van der Waals surface area contributed by atoms with Crippen LogP contribution in [0.5, 0.6) is 17.4 Å². The fourth-order valence-corrected chi connectivity index (χ4v) is 3.57. The molecule has 1 amide bonds. The Balaban J connectivity index is 1.43. The number of methoxy groups -OCH3 is 1. The third-order valence-electron chi connectivity index (χ3n) is 5.19. The molecule has 2 aromatic carbocycles. The van der Waals surface area contributed by atoms with Crippen molar-refractivity contribution in [2.45, 2.75) is 13.0 Å². The SMILES string of the molecule is COc1cccc(Oc2cc(N3CCN(C(=O)c4ccc(F)cc4)C(C)C3)ncn2)c1. The highest BCUT2D eigenvalue weighted by atomic mass is 19.1. The summed E-state index contributed by atoms with van der Waals surface area (Å²) in [6.45, 7) is 3.76. The summed E-state index contributed by atoms with van der Waals surface area (Å²) in [5.74, 6) is 2.01. The molecule has 0 saturated carbocycles. The third kappa shape index (κ3) is 4.74. The molecule has 1 aliphatic rings. The van der Waals surface area contributed by atoms with E-state index in [0.29, 0.717) is 42.6 Å². The molecule has 1 fully saturated rings. The molecule has 1 atom stereocenters. The van der Waals surface area contributed by atoms with Crippen LogP contribution in [0.2, 0.25) is 0 Å². The lowest BCUT2D eigenvalue weighted by molar-refractivity contribution is 0.0673. The quantitative estimate of drug-likeness (QED) is 0.624. The standard InChI is InChI=1S/C23H23FN4O3/c1-16-14-27(10-11-28(16)23(29)17-6-8-18(24)9-7-17)21-13-22(26-15-25-21)31-20-5-3-4-19(12-20)30-2/h3-9,12-13,15-16H,10-11,14H2,1-2H3. The number of rotatable bonds is 5. The number of aromatic nitrogens is 2. The molecule has 2 heterocycles. The van der Waals surface area contributed by atoms with Gasteiger partial charge in [-0.2, -0.15) is 0 Å². The second kappa shape index (κ2) is 8.99. The van der Waals surface area contributed by atoms with E-state index < -0.39 is 0 Å². The predicted molar refractivity (Wildman–Crippen MR) is 114 cm³/mol. The van der Waals surface area contributed by atoms with Crippen LogP contribution in [0.1, 0.15) is 17.3 Å². The fourth-order valence-electron chi connectivity index (χ4n) is 3.57. The second-order valence-electron chi connectivity index (χ2n) is 7.30. The van der Waals surface area contributed by atoms with E-state index in [4.69, 9.17) is 9.47 Å². The lowest BCUT2D eigenvalue weighted by Gasteiger charge is -2.40. The molecule has 0 radical (unpaired) electrons. The van der Waals surface area contributed by atoms with Crippen LogP contribution in [-0.2, 0) is 0 Å². The van der Waals surface area contributed by atoms with Crippen LogP contribution in [0.15, 0.2) is 60.9 Å². The predicted octanol–water partition coefficient (Wildman–Crippen LogP) is 3.77. The second-order valence-corrected chi connectivity index (χ2v) is 7.30. The van der Waals surface area contributed by atoms with Gasteiger partial charge >= 0.3 is 0 Å². The van der Waals surface area contributed by atoms with Gasteiger partial charge in [0.2, 0.25) is 5.88 Å². The third-order valence-corrected chi connectivity index (χ3v) is 5.19. The van der Waals surface area contributed by atoms with Crippen molar-refractivity contribution in [1.29, 1.82) is 0 Å². The largest absolute Gasteiger partial charge is 0.497 e. The summed E-state index contributed by atoms with van der Waals surface area (Å²) in [5, 5.41) is 0. The normalized spacial score (nSPS) is 16.2. The van der Waals surface area contributed by atoms with Crippen LogP contribution >= 0.6 is 0 Å². The number of anilines is 1. The smallest absolute Gasteiger partial charge is 0.254 e. The first-order valence-electron chi connectivity index (χ1n) is 9.99. The fraction of sp³-hybridized carbons (Fsp3) is 0.261. The zero-order valence-corrected chi connectivity index (χ0v) is 17.4. The van der Waals surface area contributed by atoms with E-state index in [1.165, 1.54) is 30.6 Å². The summed E-state index contributed by atoms with van der Waals surface area (Å²) in [5.41, 5.74) is 0.484. The Morgan fingerprint density at radius 1 is 1.06 bits per heavy atom. The maximum Gasteiger partial charge on any atom is 0.254 e. The van der Waals surface area contributed by atoms with E-state index in [9.17, 15) is 9.18 Å². The van der Waals surface area contributed by atoms with E-state index >= 15 is 0 Å². The molecular formula is C23H23FN4O3. The molecule has 1 saturated heterocycles. The molecule has 4 rings (SSSR count). The van der Waals surface area contributed by atoms with Gasteiger partial charge in [-0.25, -0.2) is 14.4 Å². The van der Waals surface area contributed by atoms with Gasteiger partial charge in [0, 0.05) is 43.4 Å². The molecule has 0 bridgehead atoms. The monoisotopic (exact) mass is 422 g/mol. The number of carbonyl (C=O) groups is 1. The summed E-state index contributed by atoms with van der Waals surface area (Å²) in [7, 11) is 1.60. The zero-order chi connectivity index (χ0) is 21.8. The van der Waals surface area contributed by atoms with Crippen LogP contribution in [0.3, 0.4) is 0 Å². The molecule has 1 unspecified atom stereocenters. The highest BCUT2D eigenvalue weighted by molar-refractivity contribution is 5.94. The maximum absolute atomic E-state index is 13.2. The van der Waals surface area contributed by atoms with Crippen molar-refractivity contribution in [2.24, 2.45) is 0 Å². The number of halogens is 1. The average Bonchev–Trinajstić information content (AvgIpc) is 2.79. The first-order valence-corrected chi connectivity index (χ1v) is 9.99. The number of hydrogen-bond acceptors (Lipinski definition) is 6. The minimum Gasteiger partial charge on any atom is -0.497 e. The number of ether oxygens (including phenoxy) is 2. The van der Waals surface area contributed by atoms with Gasteiger partial charge in [-0.05, 0) is 43.3 Å². The van der Waals surface area contributed by atoms with Crippen molar-refractivity contribution < 1.29 is 18.7 Å². The van der Waals surface area contributed by atoms with Crippen LogP contribution < -0.4 is 14.4 Å². The van der Waals surface area contributed by atoms with E-state index in [2.05, 4.69) is 14.9 Å². The first kappa shape index (κ1) is 20.6. The molecule has 0 N–H and O–H groups in total. The Kier molecular flexibility index (Phi) is 5.97. The van der Waals surface area contributed by atoms with Gasteiger partial charge in [-0.3, -0.25) is 4.79 Å². The topological polar surface area (TPSA) is 67.8 Å². The van der Waals surface area contributed by atoms with Crippen molar-refractivity contribution in [2.75, 3.05) is 31.6 Å². The Bertz CT molecular complexity index is 1060. The van der Waals surface area contributed by atoms with Crippen LogP contribution in [0, 0.1) is 5.82 Å². The van der Waals surface area contributed by atoms with Crippen molar-refractivity contribution in [3.8, 4) is 17.4 Å². The highest BCUT2D eigenvalue weighted by Crippen LogP contribution is 2.26. The van der Waals surface area contributed by atoms with E-state index in [1.54, 1.807) is 24.1 Å². The summed E-state index contributed by atoms with van der Waals surface area (Å²) in [4.78, 5) is 25.3. The van der Waals surface area contributed by atoms with Crippen molar-refractivity contribution in [3.63, 3.8) is 0 Å². The Hall–Kier alpha value is -3.68. The molecular weight excluding hydrogens is 399 g/mol. The van der Waals surface area contributed by atoms with Gasteiger partial charge in [-0.15, -0.1) is 0 Å². The van der Waals surface area contributed by atoms with Crippen molar-refractivity contribution in [3.05, 3.63) is 72.3 Å². The van der Waals surface area contributed by atoms with Crippen molar-refractivity contribution in [1.82, 2.24) is 14.9 Å². The number of amides is 1. The van der Waals surface area contributed by atoms with Crippen molar-refractivity contribution >= 4 is 11.7 Å². The minimum absolute atomic E-state index is 0.0379. The van der Waals surface area contributed by atoms with Gasteiger partial charge in [-0.1, -0.05) is 6.07 Å². The molecule has 0 aliphatic carbocycles. The maximum atomic E-state index is 13.2. The lowest BCUT2D eigenvalue weighted by atomic mass is 10.1. The lowest BCUT2D eigenvalue weighted by Crippen LogP contribution is -2.54. The summed E-state index contributed by atoms with van der Waals surface area (Å²) in [6, 6.07) is 14.7. The number of nitrogens with zero attached hydrogens (tertiary/aromatic N) is 4. The number of benzene rings is 2. The molecule has 3 aromatic rings. The van der Waals surface area contributed by atoms with E-state index in [0.717, 1.165) is 5.82 Å². The minimum atomic E-state index is -0.356. The summed E-state index contributed by atoms with van der Waals surface area (Å²) < 4.78 is 24.2. The molecule has 1 aliphatic heterocycles. The number of carbonyl (C=O) groups excluding carboxylic acids is 1. The molecule has 8 heteroatoms. The van der Waals surface area contributed by atoms with Gasteiger partial charge in [0.25, 0.3) is 5.91 Å². The van der Waals surface area contributed by atoms with Gasteiger partial charge in [0.1, 0.15) is 29.5 Å².